The van der Waals surface area contributed by atoms with Gasteiger partial charge in [0.15, 0.2) is 0 Å². The first kappa shape index (κ1) is 20.1. The van der Waals surface area contributed by atoms with Crippen molar-refractivity contribution in [2.24, 2.45) is 0 Å². The second-order valence-electron chi connectivity index (χ2n) is 7.29. The molecule has 0 spiro atoms. The lowest BCUT2D eigenvalue weighted by atomic mass is 10.0. The Hall–Kier alpha value is -2.63. The highest BCUT2D eigenvalue weighted by molar-refractivity contribution is 5.79. The zero-order chi connectivity index (χ0) is 20.1. The van der Waals surface area contributed by atoms with Crippen molar-refractivity contribution in [1.29, 1.82) is 0 Å². The molecule has 2 N–H and O–H groups in total. The van der Waals surface area contributed by atoms with Gasteiger partial charge in [-0.1, -0.05) is 30.3 Å². The molecule has 1 atom stereocenters. The Balaban J connectivity index is 2.09. The fraction of sp³-hybridized carbons (Fsp3) is 0.348. The molecule has 0 saturated carbocycles. The van der Waals surface area contributed by atoms with Crippen LogP contribution < -0.4 is 4.74 Å². The van der Waals surface area contributed by atoms with Gasteiger partial charge in [0.2, 0.25) is 0 Å². The van der Waals surface area contributed by atoms with Crippen LogP contribution in [-0.4, -0.2) is 32.0 Å². The quantitative estimate of drug-likeness (QED) is 0.612. The summed E-state index contributed by atoms with van der Waals surface area (Å²) in [6, 6.07) is 15.9. The van der Waals surface area contributed by atoms with E-state index in [0.29, 0.717) is 18.7 Å². The summed E-state index contributed by atoms with van der Waals surface area (Å²) in [5, 5.41) is 19.6. The molecular formula is C23H28N2O3. The zero-order valence-electron chi connectivity index (χ0n) is 16.7. The molecule has 0 aliphatic rings. The summed E-state index contributed by atoms with van der Waals surface area (Å²) in [7, 11) is 0. The molecule has 0 fully saturated rings. The molecule has 0 aliphatic heterocycles. The van der Waals surface area contributed by atoms with Gasteiger partial charge in [-0.2, -0.15) is 0 Å². The van der Waals surface area contributed by atoms with Gasteiger partial charge in [-0.3, -0.25) is 0 Å². The monoisotopic (exact) mass is 380 g/mol. The van der Waals surface area contributed by atoms with Gasteiger partial charge >= 0.3 is 0 Å². The number of aryl methyl sites for hydroxylation is 1. The van der Waals surface area contributed by atoms with Crippen molar-refractivity contribution in [3.8, 4) is 28.3 Å². The molecule has 0 aliphatic carbocycles. The first-order valence-electron chi connectivity index (χ1n) is 9.69. The van der Waals surface area contributed by atoms with Gasteiger partial charge in [-0.05, 0) is 45.4 Å². The van der Waals surface area contributed by atoms with E-state index < -0.39 is 0 Å². The summed E-state index contributed by atoms with van der Waals surface area (Å²) >= 11 is 0. The molecule has 0 bridgehead atoms. The average molecular weight is 380 g/mol. The lowest BCUT2D eigenvalue weighted by Crippen LogP contribution is -2.09. The van der Waals surface area contributed by atoms with Crippen molar-refractivity contribution < 1.29 is 14.9 Å². The number of hydrogen-bond acceptors (Lipinski definition) is 4. The standard InChI is InChI=1S/C23H28N2O3/c1-16(2)28-21-10-9-19(13-20(21)14-26)23-22(18-7-5-4-6-8-18)24-15-25(23)12-11-17(3)27/h4-10,13,15-17,26-27H,11-12,14H2,1-3H3/t17-/m1/s1. The van der Waals surface area contributed by atoms with E-state index in [1.54, 1.807) is 6.92 Å². The van der Waals surface area contributed by atoms with Crippen LogP contribution in [0.1, 0.15) is 32.8 Å². The smallest absolute Gasteiger partial charge is 0.125 e. The largest absolute Gasteiger partial charge is 0.491 e. The number of rotatable bonds is 8. The van der Waals surface area contributed by atoms with E-state index in [4.69, 9.17) is 4.74 Å². The number of benzene rings is 2. The maximum absolute atomic E-state index is 9.85. The Bertz CT molecular complexity index is 901. The highest BCUT2D eigenvalue weighted by atomic mass is 16.5. The second kappa shape index (κ2) is 9.04. The van der Waals surface area contributed by atoms with Gasteiger partial charge in [-0.25, -0.2) is 4.98 Å². The van der Waals surface area contributed by atoms with Crippen LogP contribution in [-0.2, 0) is 13.2 Å². The molecule has 5 nitrogen and oxygen atoms in total. The molecule has 3 aromatic rings. The van der Waals surface area contributed by atoms with Crippen LogP contribution in [0.15, 0.2) is 54.9 Å². The van der Waals surface area contributed by atoms with E-state index in [-0.39, 0.29) is 18.8 Å². The van der Waals surface area contributed by atoms with Crippen molar-refractivity contribution in [1.82, 2.24) is 9.55 Å². The predicted octanol–water partition coefficient (Wildman–Crippen LogP) is 4.27. The number of aliphatic hydroxyl groups excluding tert-OH is 2. The fourth-order valence-corrected chi connectivity index (χ4v) is 3.21. The van der Waals surface area contributed by atoms with Crippen LogP contribution in [0.2, 0.25) is 0 Å². The highest BCUT2D eigenvalue weighted by Gasteiger charge is 2.17. The average Bonchev–Trinajstić information content (AvgIpc) is 3.11. The third-order valence-corrected chi connectivity index (χ3v) is 4.54. The normalized spacial score (nSPS) is 12.4. The molecule has 0 unspecified atom stereocenters. The van der Waals surface area contributed by atoms with Crippen molar-refractivity contribution in [3.05, 3.63) is 60.4 Å². The molecular weight excluding hydrogens is 352 g/mol. The number of imidazole rings is 1. The maximum atomic E-state index is 9.85. The minimum absolute atomic E-state index is 0.0348. The summed E-state index contributed by atoms with van der Waals surface area (Å²) in [6.07, 6.45) is 2.11. The Morgan fingerprint density at radius 3 is 2.43 bits per heavy atom. The lowest BCUT2D eigenvalue weighted by Gasteiger charge is -2.16. The number of hydrogen-bond donors (Lipinski definition) is 2. The number of ether oxygens (including phenoxy) is 1. The molecule has 3 rings (SSSR count). The Morgan fingerprint density at radius 2 is 1.79 bits per heavy atom. The van der Waals surface area contributed by atoms with Gasteiger partial charge in [-0.15, -0.1) is 0 Å². The first-order valence-corrected chi connectivity index (χ1v) is 9.69. The summed E-state index contributed by atoms with van der Waals surface area (Å²) in [5.74, 6) is 0.692. The summed E-state index contributed by atoms with van der Waals surface area (Å²) in [6.45, 7) is 6.28. The molecule has 28 heavy (non-hydrogen) atoms. The second-order valence-corrected chi connectivity index (χ2v) is 7.29. The molecule has 1 aromatic heterocycles. The van der Waals surface area contributed by atoms with E-state index in [9.17, 15) is 10.2 Å². The summed E-state index contributed by atoms with van der Waals surface area (Å²) < 4.78 is 7.88. The van der Waals surface area contributed by atoms with E-state index in [0.717, 1.165) is 28.1 Å². The van der Waals surface area contributed by atoms with Crippen LogP contribution >= 0.6 is 0 Å². The van der Waals surface area contributed by atoms with Gasteiger partial charge in [0, 0.05) is 23.2 Å². The minimum atomic E-state index is -0.384. The van der Waals surface area contributed by atoms with Crippen molar-refractivity contribution in [3.63, 3.8) is 0 Å². The zero-order valence-corrected chi connectivity index (χ0v) is 16.7. The highest BCUT2D eigenvalue weighted by Crippen LogP contribution is 2.34. The lowest BCUT2D eigenvalue weighted by molar-refractivity contribution is 0.178. The SMILES string of the molecule is CC(C)Oc1ccc(-c2c(-c3ccccc3)ncn2CC[C@@H](C)O)cc1CO. The number of aromatic nitrogens is 2. The van der Waals surface area contributed by atoms with E-state index in [1.807, 2.05) is 68.7 Å². The van der Waals surface area contributed by atoms with E-state index in [1.165, 1.54) is 0 Å². The van der Waals surface area contributed by atoms with Crippen molar-refractivity contribution >= 4 is 0 Å². The van der Waals surface area contributed by atoms with Crippen LogP contribution in [0.25, 0.3) is 22.5 Å². The molecule has 0 amide bonds. The first-order chi connectivity index (χ1) is 13.5. The summed E-state index contributed by atoms with van der Waals surface area (Å²) in [5.41, 5.74) is 4.59. The van der Waals surface area contributed by atoms with Crippen molar-refractivity contribution in [2.45, 2.75) is 52.6 Å². The third-order valence-electron chi connectivity index (χ3n) is 4.54. The molecule has 0 saturated heterocycles. The van der Waals surface area contributed by atoms with Gasteiger partial charge in [0.25, 0.3) is 0 Å². The molecule has 1 heterocycles. The van der Waals surface area contributed by atoms with Gasteiger partial charge < -0.3 is 19.5 Å². The molecule has 148 valence electrons. The van der Waals surface area contributed by atoms with Gasteiger partial charge in [0.05, 0.1) is 36.5 Å². The number of nitrogens with zero attached hydrogens (tertiary/aromatic N) is 2. The topological polar surface area (TPSA) is 67.5 Å². The molecule has 0 radical (unpaired) electrons. The Kier molecular flexibility index (Phi) is 6.49. The van der Waals surface area contributed by atoms with Gasteiger partial charge in [0.1, 0.15) is 5.75 Å². The van der Waals surface area contributed by atoms with Crippen LogP contribution in [0.4, 0.5) is 0 Å². The Morgan fingerprint density at radius 1 is 1.04 bits per heavy atom. The van der Waals surface area contributed by atoms with Crippen LogP contribution in [0.3, 0.4) is 0 Å². The van der Waals surface area contributed by atoms with Crippen LogP contribution in [0.5, 0.6) is 5.75 Å². The predicted molar refractivity (Wildman–Crippen MR) is 111 cm³/mol. The van der Waals surface area contributed by atoms with E-state index >= 15 is 0 Å². The minimum Gasteiger partial charge on any atom is -0.491 e. The van der Waals surface area contributed by atoms with Crippen molar-refractivity contribution in [2.75, 3.05) is 0 Å². The third kappa shape index (κ3) is 4.61. The number of aliphatic hydroxyl groups is 2. The van der Waals surface area contributed by atoms with Crippen LogP contribution in [0, 0.1) is 0 Å². The summed E-state index contributed by atoms with van der Waals surface area (Å²) in [4.78, 5) is 4.65. The molecule has 5 heteroatoms. The Labute approximate surface area is 166 Å². The maximum Gasteiger partial charge on any atom is 0.125 e. The molecule has 2 aromatic carbocycles. The fourth-order valence-electron chi connectivity index (χ4n) is 3.21. The van der Waals surface area contributed by atoms with E-state index in [2.05, 4.69) is 9.55 Å².